The average molecular weight is 314 g/mol. The molecule has 1 fully saturated rings. The van der Waals surface area contributed by atoms with Gasteiger partial charge < -0.3 is 9.40 Å². The van der Waals surface area contributed by atoms with Crippen molar-refractivity contribution in [1.82, 2.24) is 9.97 Å². The number of hydrogen-bond donors (Lipinski definition) is 1. The van der Waals surface area contributed by atoms with E-state index in [0.29, 0.717) is 5.92 Å². The molecule has 0 spiro atoms. The largest absolute Gasteiger partial charge is 0.448 e. The number of aromatic nitrogens is 2. The fourth-order valence-corrected chi connectivity index (χ4v) is 2.90. The van der Waals surface area contributed by atoms with Gasteiger partial charge in [0.25, 0.3) is 5.56 Å². The van der Waals surface area contributed by atoms with Crippen LogP contribution in [0.15, 0.2) is 27.7 Å². The molecule has 0 aliphatic heterocycles. The Hall–Kier alpha value is -1.84. The highest BCUT2D eigenvalue weighted by atomic mass is 16.3. The van der Waals surface area contributed by atoms with Gasteiger partial charge in [0.1, 0.15) is 6.26 Å². The van der Waals surface area contributed by atoms with Gasteiger partial charge in [-0.2, -0.15) is 0 Å². The second kappa shape index (κ2) is 5.36. The minimum atomic E-state index is -0.166. The average Bonchev–Trinajstić information content (AvgIpc) is 3.16. The van der Waals surface area contributed by atoms with Gasteiger partial charge in [0, 0.05) is 23.1 Å². The zero-order valence-electron chi connectivity index (χ0n) is 14.7. The summed E-state index contributed by atoms with van der Waals surface area (Å²) in [5, 5.41) is 0. The van der Waals surface area contributed by atoms with Crippen LogP contribution in [0, 0.1) is 0 Å². The van der Waals surface area contributed by atoms with E-state index in [9.17, 15) is 4.79 Å². The number of nitrogens with one attached hydrogen (secondary N) is 1. The quantitative estimate of drug-likeness (QED) is 0.926. The number of pyridine rings is 1. The number of rotatable bonds is 4. The Labute approximate surface area is 137 Å². The molecule has 1 N–H and O–H groups in total. The summed E-state index contributed by atoms with van der Waals surface area (Å²) in [5.41, 5.74) is 2.63. The van der Waals surface area contributed by atoms with E-state index in [4.69, 9.17) is 9.40 Å². The molecule has 4 heteroatoms. The normalized spacial score (nSPS) is 15.9. The monoisotopic (exact) mass is 314 g/mol. The van der Waals surface area contributed by atoms with Crippen LogP contribution < -0.4 is 5.56 Å². The fourth-order valence-electron chi connectivity index (χ4n) is 2.90. The molecule has 2 aromatic rings. The third-order valence-corrected chi connectivity index (χ3v) is 4.56. The molecule has 4 nitrogen and oxygen atoms in total. The molecule has 124 valence electrons. The van der Waals surface area contributed by atoms with Crippen LogP contribution in [0.4, 0.5) is 0 Å². The van der Waals surface area contributed by atoms with Crippen molar-refractivity contribution in [2.24, 2.45) is 0 Å². The SMILES string of the molecule is CC(C)(C)c1cc(CC(C)(C)c2coc(C3CC3)n2)c[nH]c1=O. The van der Waals surface area contributed by atoms with Crippen molar-refractivity contribution in [2.45, 2.75) is 70.6 Å². The minimum absolute atomic E-state index is 0.00323. The molecule has 0 bridgehead atoms. The molecule has 0 radical (unpaired) electrons. The molecule has 3 rings (SSSR count). The van der Waals surface area contributed by atoms with Gasteiger partial charge in [-0.25, -0.2) is 4.98 Å². The van der Waals surface area contributed by atoms with Gasteiger partial charge >= 0.3 is 0 Å². The molecule has 0 atom stereocenters. The van der Waals surface area contributed by atoms with Crippen molar-refractivity contribution in [3.8, 4) is 0 Å². The van der Waals surface area contributed by atoms with Crippen molar-refractivity contribution in [3.05, 3.63) is 51.6 Å². The Morgan fingerprint density at radius 3 is 2.57 bits per heavy atom. The molecule has 2 heterocycles. The first-order valence-corrected chi connectivity index (χ1v) is 8.35. The van der Waals surface area contributed by atoms with Gasteiger partial charge in [0.05, 0.1) is 5.69 Å². The van der Waals surface area contributed by atoms with Crippen molar-refractivity contribution in [3.63, 3.8) is 0 Å². The number of H-pyrrole nitrogens is 1. The van der Waals surface area contributed by atoms with Gasteiger partial charge in [-0.05, 0) is 36.3 Å². The highest BCUT2D eigenvalue weighted by Gasteiger charge is 2.32. The summed E-state index contributed by atoms with van der Waals surface area (Å²) in [5.74, 6) is 1.41. The number of hydrogen-bond acceptors (Lipinski definition) is 3. The topological polar surface area (TPSA) is 58.9 Å². The lowest BCUT2D eigenvalue weighted by molar-refractivity contribution is 0.484. The zero-order valence-corrected chi connectivity index (χ0v) is 14.7. The van der Waals surface area contributed by atoms with Crippen LogP contribution in [0.3, 0.4) is 0 Å². The van der Waals surface area contributed by atoms with E-state index in [1.54, 1.807) is 6.26 Å². The number of oxazole rings is 1. The summed E-state index contributed by atoms with van der Waals surface area (Å²) in [6.45, 7) is 10.5. The second-order valence-electron chi connectivity index (χ2n) is 8.41. The standard InChI is InChI=1S/C19H26N2O2/c1-18(2,3)14-8-12(10-20-16(14)22)9-19(4,5)15-11-23-17(21-15)13-6-7-13/h8,10-11,13H,6-7,9H2,1-5H3,(H,20,22). The lowest BCUT2D eigenvalue weighted by Gasteiger charge is -2.24. The molecule has 1 saturated carbocycles. The van der Waals surface area contributed by atoms with Crippen LogP contribution in [0.5, 0.6) is 0 Å². The lowest BCUT2D eigenvalue weighted by Crippen LogP contribution is -2.26. The number of aromatic amines is 1. The molecule has 2 aromatic heterocycles. The first-order valence-electron chi connectivity index (χ1n) is 8.35. The van der Waals surface area contributed by atoms with E-state index in [0.717, 1.165) is 29.1 Å². The van der Waals surface area contributed by atoms with Gasteiger partial charge in [-0.15, -0.1) is 0 Å². The Kier molecular flexibility index (Phi) is 3.74. The predicted octanol–water partition coefficient (Wildman–Crippen LogP) is 4.06. The Morgan fingerprint density at radius 2 is 1.96 bits per heavy atom. The molecule has 1 aliphatic rings. The van der Waals surface area contributed by atoms with E-state index >= 15 is 0 Å². The summed E-state index contributed by atoms with van der Waals surface area (Å²) < 4.78 is 5.64. The summed E-state index contributed by atoms with van der Waals surface area (Å²) in [6, 6.07) is 2.03. The minimum Gasteiger partial charge on any atom is -0.448 e. The van der Waals surface area contributed by atoms with E-state index in [1.165, 1.54) is 12.8 Å². The third kappa shape index (κ3) is 3.41. The number of nitrogens with zero attached hydrogens (tertiary/aromatic N) is 1. The second-order valence-corrected chi connectivity index (χ2v) is 8.41. The highest BCUT2D eigenvalue weighted by molar-refractivity contribution is 5.27. The predicted molar refractivity (Wildman–Crippen MR) is 91.0 cm³/mol. The van der Waals surface area contributed by atoms with Crippen molar-refractivity contribution >= 4 is 0 Å². The molecule has 0 saturated heterocycles. The van der Waals surface area contributed by atoms with Gasteiger partial charge in [0.15, 0.2) is 5.89 Å². The Bertz CT molecular complexity index is 758. The molecule has 1 aliphatic carbocycles. The van der Waals surface area contributed by atoms with Crippen LogP contribution in [0.25, 0.3) is 0 Å². The first kappa shape index (κ1) is 16.0. The molecule has 23 heavy (non-hydrogen) atoms. The highest BCUT2D eigenvalue weighted by Crippen LogP contribution is 2.40. The maximum Gasteiger partial charge on any atom is 0.251 e. The lowest BCUT2D eigenvalue weighted by atomic mass is 9.81. The van der Waals surface area contributed by atoms with E-state index in [-0.39, 0.29) is 16.4 Å². The van der Waals surface area contributed by atoms with Crippen LogP contribution in [-0.4, -0.2) is 9.97 Å². The molecular formula is C19H26N2O2. The summed E-state index contributed by atoms with van der Waals surface area (Å²) in [6.07, 6.45) is 6.80. The van der Waals surface area contributed by atoms with E-state index < -0.39 is 0 Å². The van der Waals surface area contributed by atoms with Crippen LogP contribution in [-0.2, 0) is 17.3 Å². The summed E-state index contributed by atoms with van der Waals surface area (Å²) >= 11 is 0. The van der Waals surface area contributed by atoms with Crippen LogP contribution >= 0.6 is 0 Å². The van der Waals surface area contributed by atoms with Gasteiger partial charge in [-0.3, -0.25) is 4.79 Å². The van der Waals surface area contributed by atoms with E-state index in [1.807, 2.05) is 12.3 Å². The van der Waals surface area contributed by atoms with E-state index in [2.05, 4.69) is 39.6 Å². The zero-order chi connectivity index (χ0) is 16.8. The molecule has 0 aromatic carbocycles. The smallest absolute Gasteiger partial charge is 0.251 e. The summed E-state index contributed by atoms with van der Waals surface area (Å²) in [7, 11) is 0. The van der Waals surface area contributed by atoms with Crippen molar-refractivity contribution in [2.75, 3.05) is 0 Å². The molecular weight excluding hydrogens is 288 g/mol. The molecule has 0 unspecified atom stereocenters. The summed E-state index contributed by atoms with van der Waals surface area (Å²) in [4.78, 5) is 19.6. The maximum atomic E-state index is 12.1. The van der Waals surface area contributed by atoms with Crippen LogP contribution in [0.2, 0.25) is 0 Å². The Morgan fingerprint density at radius 1 is 1.26 bits per heavy atom. The Balaban J connectivity index is 1.86. The fraction of sp³-hybridized carbons (Fsp3) is 0.579. The molecule has 0 amide bonds. The first-order chi connectivity index (χ1) is 10.7. The maximum absolute atomic E-state index is 12.1. The van der Waals surface area contributed by atoms with Crippen molar-refractivity contribution in [1.29, 1.82) is 0 Å². The van der Waals surface area contributed by atoms with Crippen molar-refractivity contribution < 1.29 is 4.42 Å². The van der Waals surface area contributed by atoms with Gasteiger partial charge in [-0.1, -0.05) is 34.6 Å². The van der Waals surface area contributed by atoms with Gasteiger partial charge in [0.2, 0.25) is 0 Å². The third-order valence-electron chi connectivity index (χ3n) is 4.56. The van der Waals surface area contributed by atoms with Crippen LogP contribution in [0.1, 0.15) is 76.1 Å².